The molecular formula is C24H25F2N4O4. The zero-order valence-corrected chi connectivity index (χ0v) is 18.5. The van der Waals surface area contributed by atoms with E-state index in [0.717, 1.165) is 21.8 Å². The fourth-order valence-electron chi connectivity index (χ4n) is 3.38. The van der Waals surface area contributed by atoms with E-state index in [1.807, 2.05) is 24.3 Å². The van der Waals surface area contributed by atoms with Crippen LogP contribution >= 0.6 is 0 Å². The fraction of sp³-hybridized carbons (Fsp3) is 0.250. The van der Waals surface area contributed by atoms with Gasteiger partial charge in [0.2, 0.25) is 5.91 Å². The van der Waals surface area contributed by atoms with Crippen molar-refractivity contribution >= 4 is 28.6 Å². The molecule has 3 aromatic rings. The van der Waals surface area contributed by atoms with Gasteiger partial charge >= 0.3 is 6.09 Å². The molecule has 0 aliphatic carbocycles. The van der Waals surface area contributed by atoms with E-state index in [9.17, 15) is 23.5 Å². The summed E-state index contributed by atoms with van der Waals surface area (Å²) >= 11 is 0. The van der Waals surface area contributed by atoms with Gasteiger partial charge < -0.3 is 9.84 Å². The van der Waals surface area contributed by atoms with Gasteiger partial charge in [-0.1, -0.05) is 36.4 Å². The Bertz CT molecular complexity index is 1160. The molecule has 0 spiro atoms. The Morgan fingerprint density at radius 3 is 2.62 bits per heavy atom. The van der Waals surface area contributed by atoms with Crippen molar-refractivity contribution in [3.8, 4) is 0 Å². The lowest BCUT2D eigenvalue weighted by molar-refractivity contribution is -0.137. The molecule has 0 saturated heterocycles. The molecule has 0 aliphatic rings. The predicted octanol–water partition coefficient (Wildman–Crippen LogP) is 3.57. The number of carbonyl (C=O) groups excluding carboxylic acids is 2. The summed E-state index contributed by atoms with van der Waals surface area (Å²) in [6.45, 7) is 4.24. The van der Waals surface area contributed by atoms with Crippen LogP contribution in [-0.4, -0.2) is 45.9 Å². The van der Waals surface area contributed by atoms with Gasteiger partial charge in [-0.25, -0.2) is 24.0 Å². The molecule has 34 heavy (non-hydrogen) atoms. The molecule has 1 aromatic heterocycles. The number of aliphatic hydroxyl groups is 1. The molecule has 0 fully saturated rings. The first kappa shape index (κ1) is 25.0. The second-order valence-corrected chi connectivity index (χ2v) is 7.62. The first-order chi connectivity index (χ1) is 16.2. The number of amides is 2. The van der Waals surface area contributed by atoms with Crippen molar-refractivity contribution in [2.45, 2.75) is 32.0 Å². The molecule has 2 atom stereocenters. The number of aliphatic hydroxyl groups excluding tert-OH is 1. The molecule has 10 heteroatoms. The molecule has 0 aliphatic heterocycles. The highest BCUT2D eigenvalue weighted by Gasteiger charge is 2.25. The maximum atomic E-state index is 14.0. The summed E-state index contributed by atoms with van der Waals surface area (Å²) in [5, 5.41) is 15.2. The largest absolute Gasteiger partial charge is 0.447 e. The van der Waals surface area contributed by atoms with Crippen LogP contribution in [0.15, 0.2) is 54.7 Å². The first-order valence-electron chi connectivity index (χ1n) is 10.5. The average molecular weight is 471 g/mol. The number of ether oxygens (including phenoxy) is 1. The van der Waals surface area contributed by atoms with E-state index in [1.54, 1.807) is 12.3 Å². The number of benzene rings is 2. The zero-order chi connectivity index (χ0) is 24.7. The highest BCUT2D eigenvalue weighted by atomic mass is 19.2. The smallest absolute Gasteiger partial charge is 0.412 e. The third-order valence-corrected chi connectivity index (χ3v) is 4.99. The van der Waals surface area contributed by atoms with Crippen LogP contribution in [0.2, 0.25) is 0 Å². The van der Waals surface area contributed by atoms with E-state index in [1.165, 1.54) is 19.1 Å². The Labute approximate surface area is 195 Å². The number of aromatic nitrogens is 1. The average Bonchev–Trinajstić information content (AvgIpc) is 2.79. The number of nitrogens with one attached hydrogen (secondary N) is 2. The molecule has 1 unspecified atom stereocenters. The minimum atomic E-state index is -1.08. The van der Waals surface area contributed by atoms with Crippen molar-refractivity contribution in [3.05, 3.63) is 78.8 Å². The second kappa shape index (κ2) is 11.5. The normalized spacial score (nSPS) is 12.7. The number of rotatable bonds is 9. The zero-order valence-electron chi connectivity index (χ0n) is 18.5. The maximum Gasteiger partial charge on any atom is 0.412 e. The van der Waals surface area contributed by atoms with Gasteiger partial charge in [0, 0.05) is 30.6 Å². The van der Waals surface area contributed by atoms with Gasteiger partial charge in [-0.05, 0) is 30.9 Å². The standard InChI is InChI=1S/C24H25F2N4O4/c1-15(31)10-20(30(16(2)32)28-13-19-8-5-9-21(25)23(19)26)14-34-24(33)29-22-11-17-6-3-4-7-18(17)12-27-22/h3-9,11-12,15,20,28,31H,1,10,13-14H2,2H3,(H,27,29,33)/t15?,20-/m0/s1. The summed E-state index contributed by atoms with van der Waals surface area (Å²) in [5.41, 5.74) is 2.72. The minimum Gasteiger partial charge on any atom is -0.447 e. The van der Waals surface area contributed by atoms with Crippen molar-refractivity contribution in [1.29, 1.82) is 0 Å². The molecular weight excluding hydrogens is 446 g/mol. The lowest BCUT2D eigenvalue weighted by atomic mass is 10.1. The predicted molar refractivity (Wildman–Crippen MR) is 122 cm³/mol. The summed E-state index contributed by atoms with van der Waals surface area (Å²) in [6.07, 6.45) is -0.320. The number of anilines is 1. The van der Waals surface area contributed by atoms with Gasteiger partial charge in [0.25, 0.3) is 0 Å². The summed E-state index contributed by atoms with van der Waals surface area (Å²) in [5.74, 6) is -2.25. The number of hydrogen-bond acceptors (Lipinski definition) is 6. The molecule has 0 bridgehead atoms. The topological polar surface area (TPSA) is 104 Å². The Balaban J connectivity index is 1.65. The van der Waals surface area contributed by atoms with E-state index < -0.39 is 35.8 Å². The van der Waals surface area contributed by atoms with Crippen molar-refractivity contribution < 1.29 is 28.2 Å². The van der Waals surface area contributed by atoms with Crippen molar-refractivity contribution in [2.24, 2.45) is 0 Å². The van der Waals surface area contributed by atoms with Crippen LogP contribution in [-0.2, 0) is 16.1 Å². The van der Waals surface area contributed by atoms with E-state index >= 15 is 0 Å². The van der Waals surface area contributed by atoms with Crippen LogP contribution in [0.5, 0.6) is 0 Å². The summed E-state index contributed by atoms with van der Waals surface area (Å²) in [6, 6.07) is 12.0. The molecule has 3 rings (SSSR count). The van der Waals surface area contributed by atoms with Crippen LogP contribution in [0.25, 0.3) is 10.8 Å². The molecule has 3 N–H and O–H groups in total. The van der Waals surface area contributed by atoms with Crippen LogP contribution in [0.4, 0.5) is 19.4 Å². The van der Waals surface area contributed by atoms with Crippen molar-refractivity contribution in [1.82, 2.24) is 15.4 Å². The first-order valence-corrected chi connectivity index (χ1v) is 10.5. The Morgan fingerprint density at radius 2 is 1.91 bits per heavy atom. The molecule has 0 saturated carbocycles. The molecule has 1 radical (unpaired) electrons. The molecule has 2 amide bonds. The quantitative estimate of drug-likeness (QED) is 0.412. The fourth-order valence-corrected chi connectivity index (χ4v) is 3.38. The van der Waals surface area contributed by atoms with E-state index in [4.69, 9.17) is 4.74 Å². The highest BCUT2D eigenvalue weighted by molar-refractivity contribution is 5.89. The van der Waals surface area contributed by atoms with Gasteiger partial charge in [0.15, 0.2) is 11.6 Å². The lowest BCUT2D eigenvalue weighted by Gasteiger charge is -2.31. The summed E-state index contributed by atoms with van der Waals surface area (Å²) in [4.78, 5) is 28.7. The molecule has 8 nitrogen and oxygen atoms in total. The monoisotopic (exact) mass is 471 g/mol. The maximum absolute atomic E-state index is 14.0. The number of halogens is 2. The van der Waals surface area contributed by atoms with Crippen molar-refractivity contribution in [3.63, 3.8) is 0 Å². The van der Waals surface area contributed by atoms with Crippen molar-refractivity contribution in [2.75, 3.05) is 11.9 Å². The summed E-state index contributed by atoms with van der Waals surface area (Å²) < 4.78 is 32.7. The van der Waals surface area contributed by atoms with E-state index in [-0.39, 0.29) is 31.0 Å². The van der Waals surface area contributed by atoms with Gasteiger partial charge in [-0.3, -0.25) is 15.1 Å². The second-order valence-electron chi connectivity index (χ2n) is 7.62. The summed E-state index contributed by atoms with van der Waals surface area (Å²) in [7, 11) is 0. The third kappa shape index (κ3) is 6.69. The van der Waals surface area contributed by atoms with Crippen LogP contribution < -0.4 is 10.7 Å². The SMILES string of the molecule is [CH2]C(O)C[C@@H](COC(=O)Nc1cc2ccccc2cn1)N(NCc1cccc(F)c1F)C(C)=O. The minimum absolute atomic E-state index is 0.00112. The number of fused-ring (bicyclic) bond motifs is 1. The van der Waals surface area contributed by atoms with Gasteiger partial charge in [0.05, 0.1) is 12.1 Å². The Hall–Kier alpha value is -3.63. The Morgan fingerprint density at radius 1 is 1.18 bits per heavy atom. The van der Waals surface area contributed by atoms with Gasteiger partial charge in [-0.15, -0.1) is 0 Å². The third-order valence-electron chi connectivity index (χ3n) is 4.99. The van der Waals surface area contributed by atoms with E-state index in [0.29, 0.717) is 0 Å². The van der Waals surface area contributed by atoms with Crippen LogP contribution in [0.1, 0.15) is 18.9 Å². The molecule has 2 aromatic carbocycles. The van der Waals surface area contributed by atoms with Gasteiger partial charge in [-0.2, -0.15) is 0 Å². The highest BCUT2D eigenvalue weighted by Crippen LogP contribution is 2.17. The van der Waals surface area contributed by atoms with Gasteiger partial charge in [0.1, 0.15) is 12.4 Å². The molecule has 1 heterocycles. The number of pyridine rings is 1. The lowest BCUT2D eigenvalue weighted by Crippen LogP contribution is -2.51. The number of hydrogen-bond donors (Lipinski definition) is 3. The van der Waals surface area contributed by atoms with Crippen LogP contribution in [0.3, 0.4) is 0 Å². The molecule has 179 valence electrons. The number of carbonyl (C=O) groups is 2. The Kier molecular flexibility index (Phi) is 8.44. The van der Waals surface area contributed by atoms with E-state index in [2.05, 4.69) is 22.7 Å². The van der Waals surface area contributed by atoms with Crippen LogP contribution in [0, 0.1) is 18.6 Å². The number of hydrazine groups is 1. The number of nitrogens with zero attached hydrogens (tertiary/aromatic N) is 2.